The molecule has 4 aromatic rings. The maximum atomic E-state index is 13.7. The molecule has 0 aliphatic carbocycles. The molecule has 7 rings (SSSR count). The lowest BCUT2D eigenvalue weighted by molar-refractivity contribution is 0.0948. The summed E-state index contributed by atoms with van der Waals surface area (Å²) in [6.07, 6.45) is 5.17. The van der Waals surface area contributed by atoms with E-state index in [-0.39, 0.29) is 16.9 Å². The lowest BCUT2D eigenvalue weighted by Crippen LogP contribution is -2.36. The monoisotopic (exact) mass is 520 g/mol. The van der Waals surface area contributed by atoms with Gasteiger partial charge in [0.15, 0.2) is 11.5 Å². The van der Waals surface area contributed by atoms with Crippen LogP contribution in [0.5, 0.6) is 11.5 Å². The molecule has 0 spiro atoms. The molecule has 2 fully saturated rings. The van der Waals surface area contributed by atoms with Crippen LogP contribution in [0.4, 0.5) is 5.69 Å². The summed E-state index contributed by atoms with van der Waals surface area (Å²) in [5.74, 6) is 1.50. The molecule has 2 saturated heterocycles. The molecule has 3 aromatic carbocycles. The topological polar surface area (TPSA) is 66.8 Å². The Morgan fingerprint density at radius 1 is 0.923 bits per heavy atom. The Labute approximate surface area is 227 Å². The molecule has 1 unspecified atom stereocenters. The second-order valence-corrected chi connectivity index (χ2v) is 10.8. The summed E-state index contributed by atoms with van der Waals surface area (Å²) in [5, 5.41) is 3.48. The van der Waals surface area contributed by atoms with E-state index in [0.717, 1.165) is 50.5 Å². The number of hydrogen-bond donors (Lipinski definition) is 1. The lowest BCUT2D eigenvalue weighted by Gasteiger charge is -2.29. The van der Waals surface area contributed by atoms with Crippen LogP contribution in [0.1, 0.15) is 41.1 Å². The van der Waals surface area contributed by atoms with Crippen LogP contribution in [0.15, 0.2) is 77.7 Å². The van der Waals surface area contributed by atoms with E-state index in [4.69, 9.17) is 4.74 Å². The predicted molar refractivity (Wildman–Crippen MR) is 154 cm³/mol. The van der Waals surface area contributed by atoms with Crippen molar-refractivity contribution in [3.05, 3.63) is 94.3 Å². The molecule has 0 radical (unpaired) electrons. The van der Waals surface area contributed by atoms with Gasteiger partial charge in [0.1, 0.15) is 11.1 Å². The molecule has 0 bridgehead atoms. The quantitative estimate of drug-likeness (QED) is 0.345. The molecule has 1 atom stereocenters. The molecule has 3 aliphatic heterocycles. The fraction of sp³-hybridized carbons (Fsp3) is 0.312. The van der Waals surface area contributed by atoms with Crippen LogP contribution in [0.3, 0.4) is 0 Å². The van der Waals surface area contributed by atoms with Gasteiger partial charge in [-0.15, -0.1) is 0 Å². The summed E-state index contributed by atoms with van der Waals surface area (Å²) in [4.78, 5) is 31.6. The van der Waals surface area contributed by atoms with E-state index in [9.17, 15) is 9.59 Å². The van der Waals surface area contributed by atoms with Crippen LogP contribution in [-0.2, 0) is 0 Å². The number of hydrogen-bond acceptors (Lipinski definition) is 5. The van der Waals surface area contributed by atoms with Gasteiger partial charge >= 0.3 is 0 Å². The van der Waals surface area contributed by atoms with E-state index in [2.05, 4.69) is 45.4 Å². The minimum absolute atomic E-state index is 0.157. The van der Waals surface area contributed by atoms with Crippen LogP contribution in [-0.4, -0.2) is 54.6 Å². The highest BCUT2D eigenvalue weighted by Gasteiger charge is 2.31. The van der Waals surface area contributed by atoms with Gasteiger partial charge in [0.2, 0.25) is 5.43 Å². The number of amides is 1. The van der Waals surface area contributed by atoms with E-state index < -0.39 is 0 Å². The number of nitrogens with one attached hydrogen (secondary N) is 1. The maximum absolute atomic E-state index is 13.7. The van der Waals surface area contributed by atoms with Crippen molar-refractivity contribution < 1.29 is 9.53 Å². The van der Waals surface area contributed by atoms with Crippen LogP contribution in [0, 0.1) is 0 Å². The van der Waals surface area contributed by atoms with Gasteiger partial charge in [0, 0.05) is 38.3 Å². The number of nitrogens with zero attached hydrogens (tertiary/aromatic N) is 3. The number of aromatic nitrogens is 1. The first-order valence-electron chi connectivity index (χ1n) is 14.0. The summed E-state index contributed by atoms with van der Waals surface area (Å²) in [6, 6.07) is 22.3. The highest BCUT2D eigenvalue weighted by molar-refractivity contribution is 6.01. The van der Waals surface area contributed by atoms with Crippen LogP contribution >= 0.6 is 0 Å². The van der Waals surface area contributed by atoms with Crippen molar-refractivity contribution in [2.24, 2.45) is 0 Å². The Bertz CT molecular complexity index is 1610. The van der Waals surface area contributed by atoms with Crippen LogP contribution < -0.4 is 20.4 Å². The number of likely N-dealkylation sites (tertiary alicyclic amines) is 1. The maximum Gasteiger partial charge on any atom is 0.256 e. The predicted octanol–water partition coefficient (Wildman–Crippen LogP) is 4.92. The van der Waals surface area contributed by atoms with Gasteiger partial charge in [0.05, 0.1) is 16.8 Å². The molecule has 7 heteroatoms. The van der Waals surface area contributed by atoms with Crippen molar-refractivity contribution >= 4 is 22.5 Å². The zero-order valence-corrected chi connectivity index (χ0v) is 21.9. The Morgan fingerprint density at radius 3 is 2.56 bits per heavy atom. The number of carbonyl (C=O) groups is 1. The number of benzene rings is 3. The van der Waals surface area contributed by atoms with Crippen molar-refractivity contribution in [3.63, 3.8) is 0 Å². The molecule has 1 N–H and O–H groups in total. The van der Waals surface area contributed by atoms with Crippen molar-refractivity contribution in [1.82, 2.24) is 14.8 Å². The first kappa shape index (κ1) is 24.0. The molecule has 0 saturated carbocycles. The molecular formula is C32H32N4O3. The van der Waals surface area contributed by atoms with Crippen molar-refractivity contribution in [1.29, 1.82) is 0 Å². The van der Waals surface area contributed by atoms with Gasteiger partial charge in [-0.2, -0.15) is 0 Å². The molecule has 3 aliphatic rings. The molecule has 1 aromatic heterocycles. The van der Waals surface area contributed by atoms with Gasteiger partial charge < -0.3 is 24.4 Å². The Balaban J connectivity index is 1.26. The van der Waals surface area contributed by atoms with E-state index in [1.165, 1.54) is 18.4 Å². The zero-order chi connectivity index (χ0) is 26.3. The number of carbonyl (C=O) groups excluding carboxylic acids is 1. The smallest absolute Gasteiger partial charge is 0.256 e. The zero-order valence-electron chi connectivity index (χ0n) is 21.9. The Morgan fingerprint density at radius 2 is 1.72 bits per heavy atom. The summed E-state index contributed by atoms with van der Waals surface area (Å²) < 4.78 is 8.47. The highest BCUT2D eigenvalue weighted by Crippen LogP contribution is 2.46. The molecule has 39 heavy (non-hydrogen) atoms. The molecule has 1 amide bonds. The van der Waals surface area contributed by atoms with Gasteiger partial charge in [0.25, 0.3) is 5.91 Å². The first-order chi connectivity index (χ1) is 19.2. The summed E-state index contributed by atoms with van der Waals surface area (Å²) >= 11 is 0. The van der Waals surface area contributed by atoms with Crippen LogP contribution in [0.25, 0.3) is 16.6 Å². The number of anilines is 1. The normalized spacial score (nSPS) is 18.3. The Kier molecular flexibility index (Phi) is 6.08. The van der Waals surface area contributed by atoms with E-state index >= 15 is 0 Å². The molecule has 4 heterocycles. The minimum atomic E-state index is -0.329. The van der Waals surface area contributed by atoms with E-state index in [0.29, 0.717) is 34.9 Å². The average molecular weight is 521 g/mol. The first-order valence-corrected chi connectivity index (χ1v) is 14.0. The van der Waals surface area contributed by atoms with Gasteiger partial charge in [-0.05, 0) is 62.2 Å². The summed E-state index contributed by atoms with van der Waals surface area (Å²) in [7, 11) is 0. The second-order valence-electron chi connectivity index (χ2n) is 10.8. The van der Waals surface area contributed by atoms with Crippen molar-refractivity contribution in [2.45, 2.75) is 25.2 Å². The third-order valence-electron chi connectivity index (χ3n) is 8.39. The van der Waals surface area contributed by atoms with Gasteiger partial charge in [-0.3, -0.25) is 9.59 Å². The van der Waals surface area contributed by atoms with Gasteiger partial charge in [-0.25, -0.2) is 0 Å². The average Bonchev–Trinajstić information content (AvgIpc) is 3.68. The SMILES string of the molecule is O=C(NCCN1CCCC1)c1cn2c3c(c(N4CCC(c5ccccc5)C4)ccc3c1=O)Oc1ccccc1-2. The number of ether oxygens (including phenoxy) is 1. The van der Waals surface area contributed by atoms with Crippen LogP contribution in [0.2, 0.25) is 0 Å². The van der Waals surface area contributed by atoms with E-state index in [1.807, 2.05) is 41.0 Å². The Hall–Kier alpha value is -4.10. The molecular weight excluding hydrogens is 488 g/mol. The third kappa shape index (κ3) is 4.27. The van der Waals surface area contributed by atoms with Crippen molar-refractivity contribution in [2.75, 3.05) is 44.2 Å². The number of rotatable bonds is 6. The highest BCUT2D eigenvalue weighted by atomic mass is 16.5. The third-order valence-corrected chi connectivity index (χ3v) is 8.39. The standard InChI is InChI=1S/C32H32N4O3/c37-30-24-12-13-27(35-18-14-23(20-35)22-8-2-1-3-9-22)31-29(24)36(26-10-4-5-11-28(26)39-31)21-25(30)32(38)33-15-19-34-16-6-7-17-34/h1-5,8-13,21,23H,6-7,14-20H2,(H,33,38). The minimum Gasteiger partial charge on any atom is -0.451 e. The molecule has 198 valence electrons. The van der Waals surface area contributed by atoms with E-state index in [1.54, 1.807) is 6.20 Å². The fourth-order valence-corrected chi connectivity index (χ4v) is 6.34. The summed E-state index contributed by atoms with van der Waals surface area (Å²) in [5.41, 5.74) is 3.75. The second kappa shape index (κ2) is 9.89. The molecule has 7 nitrogen and oxygen atoms in total. The number of para-hydroxylation sites is 2. The fourth-order valence-electron chi connectivity index (χ4n) is 6.34. The van der Waals surface area contributed by atoms with Gasteiger partial charge in [-0.1, -0.05) is 42.5 Å². The number of fused-ring (bicyclic) bond motifs is 2. The van der Waals surface area contributed by atoms with Crippen molar-refractivity contribution in [3.8, 4) is 17.2 Å². The summed E-state index contributed by atoms with van der Waals surface area (Å²) in [6.45, 7) is 5.27. The largest absolute Gasteiger partial charge is 0.451 e. The lowest BCUT2D eigenvalue weighted by atomic mass is 9.99. The number of pyridine rings is 1.